The predicted molar refractivity (Wildman–Crippen MR) is 96.4 cm³/mol. The number of carbonyl (C=O) groups excluding carboxylic acids is 1. The van der Waals surface area contributed by atoms with Crippen LogP contribution in [-0.2, 0) is 9.53 Å². The number of nitrogens with two attached hydrogens (primary N) is 1. The van der Waals surface area contributed by atoms with Crippen molar-refractivity contribution in [1.82, 2.24) is 0 Å². The Balaban J connectivity index is 1.54. The average Bonchev–Trinajstić information content (AvgIpc) is 2.90. The number of nitrogens with zero attached hydrogens (tertiary/aromatic N) is 1. The van der Waals surface area contributed by atoms with E-state index in [4.69, 9.17) is 4.74 Å². The monoisotopic (exact) mass is 332 g/mol. The molecule has 0 spiro atoms. The fourth-order valence-corrected chi connectivity index (χ4v) is 3.68. The maximum absolute atomic E-state index is 12.4. The van der Waals surface area contributed by atoms with Crippen LogP contribution in [0.15, 0.2) is 24.3 Å². The molecule has 1 aliphatic heterocycles. The maximum atomic E-state index is 12.4. The second-order valence-corrected chi connectivity index (χ2v) is 6.86. The molecule has 5 heteroatoms. The molecule has 1 aliphatic carbocycles. The third-order valence-corrected chi connectivity index (χ3v) is 5.07. The maximum Gasteiger partial charge on any atom is 0.279 e. The Kier molecular flexibility index (Phi) is 6.49. The number of anilines is 2. The van der Waals surface area contributed by atoms with E-state index in [1.54, 1.807) is 0 Å². The van der Waals surface area contributed by atoms with Crippen LogP contribution in [0.1, 0.15) is 38.5 Å². The number of benzene rings is 1. The quantitative estimate of drug-likeness (QED) is 0.808. The number of rotatable bonds is 5. The molecule has 1 saturated heterocycles. The zero-order valence-corrected chi connectivity index (χ0v) is 14.5. The fraction of sp³-hybridized carbons (Fsp3) is 0.632. The molecule has 0 unspecified atom stereocenters. The summed E-state index contributed by atoms with van der Waals surface area (Å²) in [5.41, 5.74) is 2.02. The second-order valence-electron chi connectivity index (χ2n) is 6.86. The van der Waals surface area contributed by atoms with Crippen LogP contribution in [0.3, 0.4) is 0 Å². The Hall–Kier alpha value is -1.59. The fourth-order valence-electron chi connectivity index (χ4n) is 3.68. The SMILES string of the molecule is O=C(C[NH2+]C1CCCCCC1)Nc1ccccc1N1CCOCC1. The van der Waals surface area contributed by atoms with Crippen LogP contribution in [0.2, 0.25) is 0 Å². The van der Waals surface area contributed by atoms with Gasteiger partial charge < -0.3 is 20.3 Å². The van der Waals surface area contributed by atoms with Gasteiger partial charge in [-0.2, -0.15) is 0 Å². The highest BCUT2D eigenvalue weighted by molar-refractivity contribution is 5.94. The van der Waals surface area contributed by atoms with Gasteiger partial charge in [-0.25, -0.2) is 0 Å². The van der Waals surface area contributed by atoms with Crippen molar-refractivity contribution in [1.29, 1.82) is 0 Å². The molecular weight excluding hydrogens is 302 g/mol. The molecule has 0 atom stereocenters. The van der Waals surface area contributed by atoms with Crippen molar-refractivity contribution in [2.24, 2.45) is 0 Å². The first-order valence-electron chi connectivity index (χ1n) is 9.38. The molecule has 3 N–H and O–H groups in total. The summed E-state index contributed by atoms with van der Waals surface area (Å²) >= 11 is 0. The van der Waals surface area contributed by atoms with Gasteiger partial charge in [-0.3, -0.25) is 4.79 Å². The molecule has 3 rings (SSSR count). The number of amides is 1. The summed E-state index contributed by atoms with van der Waals surface area (Å²) < 4.78 is 5.42. The Bertz CT molecular complexity index is 521. The summed E-state index contributed by atoms with van der Waals surface area (Å²) in [6.45, 7) is 3.76. The normalized spacial score (nSPS) is 19.8. The van der Waals surface area contributed by atoms with Crippen LogP contribution < -0.4 is 15.5 Å². The molecule has 0 bridgehead atoms. The minimum Gasteiger partial charge on any atom is -0.378 e. The van der Waals surface area contributed by atoms with Crippen molar-refractivity contribution < 1.29 is 14.8 Å². The Morgan fingerprint density at radius 2 is 1.83 bits per heavy atom. The van der Waals surface area contributed by atoms with E-state index in [9.17, 15) is 4.79 Å². The van der Waals surface area contributed by atoms with E-state index in [1.807, 2.05) is 18.2 Å². The number of nitrogens with one attached hydrogen (secondary N) is 1. The summed E-state index contributed by atoms with van der Waals surface area (Å²) in [6, 6.07) is 8.70. The van der Waals surface area contributed by atoms with Crippen LogP contribution in [0.5, 0.6) is 0 Å². The molecule has 1 heterocycles. The van der Waals surface area contributed by atoms with Gasteiger partial charge in [0, 0.05) is 13.1 Å². The lowest BCUT2D eigenvalue weighted by Crippen LogP contribution is -2.91. The van der Waals surface area contributed by atoms with E-state index in [2.05, 4.69) is 21.6 Å². The summed E-state index contributed by atoms with van der Waals surface area (Å²) in [4.78, 5) is 14.7. The summed E-state index contributed by atoms with van der Waals surface area (Å²) in [5, 5.41) is 5.34. The second kappa shape index (κ2) is 9.04. The molecule has 1 amide bonds. The van der Waals surface area contributed by atoms with Crippen LogP contribution in [0, 0.1) is 0 Å². The van der Waals surface area contributed by atoms with Crippen molar-refractivity contribution in [3.05, 3.63) is 24.3 Å². The van der Waals surface area contributed by atoms with Gasteiger partial charge in [0.2, 0.25) is 0 Å². The average molecular weight is 332 g/mol. The highest BCUT2D eigenvalue weighted by Crippen LogP contribution is 2.26. The van der Waals surface area contributed by atoms with Crippen LogP contribution in [-0.4, -0.2) is 44.8 Å². The summed E-state index contributed by atoms with van der Waals surface area (Å²) in [7, 11) is 0. The Labute approximate surface area is 144 Å². The van der Waals surface area contributed by atoms with Crippen LogP contribution >= 0.6 is 0 Å². The van der Waals surface area contributed by atoms with E-state index in [0.29, 0.717) is 12.6 Å². The van der Waals surface area contributed by atoms with Crippen LogP contribution in [0.4, 0.5) is 11.4 Å². The lowest BCUT2D eigenvalue weighted by Gasteiger charge is -2.30. The Morgan fingerprint density at radius 3 is 2.58 bits per heavy atom. The predicted octanol–water partition coefficient (Wildman–Crippen LogP) is 1.75. The van der Waals surface area contributed by atoms with E-state index in [1.165, 1.54) is 38.5 Å². The molecule has 0 radical (unpaired) electrons. The highest BCUT2D eigenvalue weighted by atomic mass is 16.5. The first-order chi connectivity index (χ1) is 11.8. The largest absolute Gasteiger partial charge is 0.378 e. The van der Waals surface area contributed by atoms with Gasteiger partial charge in [-0.1, -0.05) is 25.0 Å². The molecule has 132 valence electrons. The molecular formula is C19H30N3O2+. The summed E-state index contributed by atoms with van der Waals surface area (Å²) in [6.07, 6.45) is 7.81. The van der Waals surface area contributed by atoms with Gasteiger partial charge in [-0.05, 0) is 37.8 Å². The standard InChI is InChI=1S/C19H29N3O2/c23-19(15-20-16-7-3-1-2-4-8-16)21-17-9-5-6-10-18(17)22-11-13-24-14-12-22/h5-6,9-10,16,20H,1-4,7-8,11-15H2,(H,21,23)/p+1. The van der Waals surface area contributed by atoms with Gasteiger partial charge in [0.1, 0.15) is 0 Å². The topological polar surface area (TPSA) is 58.2 Å². The number of morpholine rings is 1. The number of quaternary nitrogens is 1. The lowest BCUT2D eigenvalue weighted by molar-refractivity contribution is -0.680. The van der Waals surface area contributed by atoms with Gasteiger partial charge in [0.15, 0.2) is 6.54 Å². The minimum atomic E-state index is 0.0972. The van der Waals surface area contributed by atoms with Gasteiger partial charge in [0.25, 0.3) is 5.91 Å². The third kappa shape index (κ3) is 4.95. The van der Waals surface area contributed by atoms with Crippen LogP contribution in [0.25, 0.3) is 0 Å². The molecule has 2 aliphatic rings. The smallest absolute Gasteiger partial charge is 0.279 e. The molecule has 2 fully saturated rings. The van der Waals surface area contributed by atoms with Crippen molar-refractivity contribution in [2.45, 2.75) is 44.6 Å². The van der Waals surface area contributed by atoms with Crippen molar-refractivity contribution in [3.8, 4) is 0 Å². The Morgan fingerprint density at radius 1 is 1.12 bits per heavy atom. The number of carbonyl (C=O) groups is 1. The molecule has 1 saturated carbocycles. The third-order valence-electron chi connectivity index (χ3n) is 5.07. The molecule has 1 aromatic carbocycles. The summed E-state index contributed by atoms with van der Waals surface area (Å²) in [5.74, 6) is 0.0972. The van der Waals surface area contributed by atoms with Crippen molar-refractivity contribution in [3.63, 3.8) is 0 Å². The van der Waals surface area contributed by atoms with Gasteiger partial charge in [0.05, 0.1) is 30.6 Å². The molecule has 1 aromatic rings. The van der Waals surface area contributed by atoms with Crippen molar-refractivity contribution in [2.75, 3.05) is 43.1 Å². The van der Waals surface area contributed by atoms with Gasteiger partial charge >= 0.3 is 0 Å². The molecule has 24 heavy (non-hydrogen) atoms. The van der Waals surface area contributed by atoms with E-state index >= 15 is 0 Å². The minimum absolute atomic E-state index is 0.0972. The first kappa shape index (κ1) is 17.2. The van der Waals surface area contributed by atoms with Gasteiger partial charge in [-0.15, -0.1) is 0 Å². The zero-order valence-electron chi connectivity index (χ0n) is 14.5. The van der Waals surface area contributed by atoms with E-state index < -0.39 is 0 Å². The molecule has 5 nitrogen and oxygen atoms in total. The van der Waals surface area contributed by atoms with Crippen molar-refractivity contribution >= 4 is 17.3 Å². The number of para-hydroxylation sites is 2. The van der Waals surface area contributed by atoms with E-state index in [-0.39, 0.29) is 5.91 Å². The van der Waals surface area contributed by atoms with E-state index in [0.717, 1.165) is 37.7 Å². The molecule has 0 aromatic heterocycles. The lowest BCUT2D eigenvalue weighted by atomic mass is 10.1. The number of ether oxygens (including phenoxy) is 1. The number of hydrogen-bond donors (Lipinski definition) is 2. The number of hydrogen-bond acceptors (Lipinski definition) is 3. The first-order valence-corrected chi connectivity index (χ1v) is 9.38. The highest BCUT2D eigenvalue weighted by Gasteiger charge is 2.18. The zero-order chi connectivity index (χ0) is 16.6.